The zero-order valence-corrected chi connectivity index (χ0v) is 34.8. The molecule has 0 bridgehead atoms. The summed E-state index contributed by atoms with van der Waals surface area (Å²) in [6, 6.07) is 73.2. The summed E-state index contributed by atoms with van der Waals surface area (Å²) in [5.74, 6) is 0.796. The summed E-state index contributed by atoms with van der Waals surface area (Å²) < 4.78 is 4.97. The lowest BCUT2D eigenvalue weighted by atomic mass is 9.74. The highest BCUT2D eigenvalue weighted by Crippen LogP contribution is 2.56. The van der Waals surface area contributed by atoms with Crippen molar-refractivity contribution in [2.45, 2.75) is 25.2 Å². The Hall–Kier alpha value is -6.94. The van der Waals surface area contributed by atoms with Gasteiger partial charge in [0.2, 0.25) is 0 Å². The Morgan fingerprint density at radius 2 is 0.950 bits per heavy atom. The predicted molar refractivity (Wildman–Crippen MR) is 256 cm³/mol. The standard InChI is InChI=1S/C57H44N2Si/c1-57(2)49-30-15-12-28-46(49)55-50(57)34-36-54-56(55)47-29-14-17-32-52(47)59(54)40-21-18-26-43(37-40)60(41-22-8-4-9-23-41,42-24-10-5-11-25-42)44-33-35-53-48(38-44)45-27-13-16-31-51(45)58(53)39-19-6-3-7-20-39/h3-38,46,49H,1-2H3. The van der Waals surface area contributed by atoms with E-state index in [1.807, 2.05) is 0 Å². The van der Waals surface area contributed by atoms with Gasteiger partial charge in [0.1, 0.15) is 0 Å². The minimum absolute atomic E-state index is 0.0453. The second-order valence-corrected chi connectivity index (χ2v) is 21.1. The first kappa shape index (κ1) is 35.0. The van der Waals surface area contributed by atoms with Crippen molar-refractivity contribution in [1.29, 1.82) is 0 Å². The molecule has 0 saturated heterocycles. The van der Waals surface area contributed by atoms with Crippen molar-refractivity contribution in [3.63, 3.8) is 0 Å². The Balaban J connectivity index is 1.15. The van der Waals surface area contributed by atoms with Crippen LogP contribution in [0.15, 0.2) is 218 Å². The van der Waals surface area contributed by atoms with Crippen LogP contribution < -0.4 is 20.7 Å². The Morgan fingerprint density at radius 3 is 1.68 bits per heavy atom. The maximum atomic E-state index is 2.54. The van der Waals surface area contributed by atoms with Gasteiger partial charge in [0.15, 0.2) is 8.07 Å². The Labute approximate surface area is 352 Å². The van der Waals surface area contributed by atoms with Crippen LogP contribution in [-0.2, 0) is 5.41 Å². The molecular formula is C57H44N2Si. The fraction of sp³-hybridized carbons (Fsp3) is 0.0877. The molecule has 60 heavy (non-hydrogen) atoms. The topological polar surface area (TPSA) is 9.86 Å². The number of hydrogen-bond donors (Lipinski definition) is 0. The molecule has 2 aliphatic carbocycles. The summed E-state index contributed by atoms with van der Waals surface area (Å²) in [4.78, 5) is 0. The van der Waals surface area contributed by atoms with Gasteiger partial charge < -0.3 is 9.13 Å². The van der Waals surface area contributed by atoms with Crippen LogP contribution in [0.1, 0.15) is 30.9 Å². The molecule has 286 valence electrons. The molecule has 3 heteroatoms. The van der Waals surface area contributed by atoms with Crippen LogP contribution in [0.25, 0.3) is 55.0 Å². The highest BCUT2D eigenvalue weighted by Gasteiger charge is 2.46. The molecule has 2 atom stereocenters. The Bertz CT molecular complexity index is 3310. The lowest BCUT2D eigenvalue weighted by molar-refractivity contribution is 0.394. The van der Waals surface area contributed by atoms with Gasteiger partial charge in [-0.15, -0.1) is 0 Å². The van der Waals surface area contributed by atoms with Gasteiger partial charge in [-0.1, -0.05) is 184 Å². The van der Waals surface area contributed by atoms with Gasteiger partial charge in [-0.05, 0) is 91.7 Å². The monoisotopic (exact) mass is 784 g/mol. The molecule has 0 radical (unpaired) electrons. The maximum absolute atomic E-state index is 2.95. The number of fused-ring (bicyclic) bond motifs is 10. The normalized spacial score (nSPS) is 16.8. The van der Waals surface area contributed by atoms with Crippen molar-refractivity contribution in [2.24, 2.45) is 5.92 Å². The molecule has 2 unspecified atom stereocenters. The summed E-state index contributed by atoms with van der Waals surface area (Å²) in [6.07, 6.45) is 9.38. The van der Waals surface area contributed by atoms with Gasteiger partial charge in [-0.25, -0.2) is 0 Å². The average molecular weight is 785 g/mol. The summed E-state index contributed by atoms with van der Waals surface area (Å²) >= 11 is 0. The third-order valence-electron chi connectivity index (χ3n) is 13.9. The fourth-order valence-corrected chi connectivity index (χ4v) is 16.1. The largest absolute Gasteiger partial charge is 0.309 e. The lowest BCUT2D eigenvalue weighted by Crippen LogP contribution is -2.74. The molecule has 0 fully saturated rings. The molecule has 2 aromatic heterocycles. The van der Waals surface area contributed by atoms with E-state index in [-0.39, 0.29) is 5.41 Å². The number of allylic oxidation sites excluding steroid dienone is 4. The summed E-state index contributed by atoms with van der Waals surface area (Å²) in [7, 11) is -2.95. The van der Waals surface area contributed by atoms with Crippen LogP contribution >= 0.6 is 0 Å². The lowest BCUT2D eigenvalue weighted by Gasteiger charge is -2.35. The van der Waals surface area contributed by atoms with E-state index in [0.29, 0.717) is 11.8 Å². The maximum Gasteiger partial charge on any atom is 0.179 e. The average Bonchev–Trinajstić information content (AvgIpc) is 3.91. The zero-order chi connectivity index (χ0) is 40.0. The van der Waals surface area contributed by atoms with Crippen LogP contribution in [0.3, 0.4) is 0 Å². The third-order valence-corrected chi connectivity index (χ3v) is 18.7. The van der Waals surface area contributed by atoms with Crippen LogP contribution in [0, 0.1) is 5.92 Å². The SMILES string of the molecule is CC1(C)c2ccc3c(c2C2C=CC=CC21)c1ccccc1n3-c1cccc([Si](c2ccccc2)(c2ccccc2)c2ccc3c(c2)c2ccccc2n3-c2ccccc2)c1. The van der Waals surface area contributed by atoms with E-state index < -0.39 is 8.07 Å². The number of benzene rings is 8. The number of rotatable bonds is 6. The summed E-state index contributed by atoms with van der Waals surface area (Å²) in [5.41, 5.74) is 10.3. The summed E-state index contributed by atoms with van der Waals surface area (Å²) in [5, 5.41) is 10.7. The van der Waals surface area contributed by atoms with Gasteiger partial charge in [0.25, 0.3) is 0 Å². The molecule has 10 aromatic rings. The van der Waals surface area contributed by atoms with Crippen molar-refractivity contribution < 1.29 is 0 Å². The zero-order valence-electron chi connectivity index (χ0n) is 33.8. The van der Waals surface area contributed by atoms with Crippen LogP contribution in [-0.4, -0.2) is 17.2 Å². The van der Waals surface area contributed by atoms with Gasteiger partial charge in [0, 0.05) is 38.8 Å². The second kappa shape index (κ2) is 13.3. The van der Waals surface area contributed by atoms with E-state index in [1.54, 1.807) is 0 Å². The molecule has 12 rings (SSSR count). The Morgan fingerprint density at radius 1 is 0.417 bits per heavy atom. The highest BCUT2D eigenvalue weighted by molar-refractivity contribution is 7.20. The molecule has 0 aliphatic heterocycles. The molecule has 0 saturated carbocycles. The van der Waals surface area contributed by atoms with Crippen LogP contribution in [0.4, 0.5) is 0 Å². The van der Waals surface area contributed by atoms with E-state index in [0.717, 1.165) is 0 Å². The number of nitrogens with zero attached hydrogens (tertiary/aromatic N) is 2. The second-order valence-electron chi connectivity index (χ2n) is 17.3. The predicted octanol–water partition coefficient (Wildman–Crippen LogP) is 11.4. The van der Waals surface area contributed by atoms with E-state index in [2.05, 4.69) is 241 Å². The van der Waals surface area contributed by atoms with Gasteiger partial charge in [0.05, 0.1) is 22.1 Å². The smallest absolute Gasteiger partial charge is 0.179 e. The number of hydrogen-bond acceptors (Lipinski definition) is 0. The third kappa shape index (κ3) is 4.87. The first-order valence-corrected chi connectivity index (χ1v) is 23.3. The minimum Gasteiger partial charge on any atom is -0.309 e. The van der Waals surface area contributed by atoms with Crippen molar-refractivity contribution in [3.8, 4) is 11.4 Å². The van der Waals surface area contributed by atoms with Crippen molar-refractivity contribution >= 4 is 72.4 Å². The van der Waals surface area contributed by atoms with Crippen molar-refractivity contribution in [3.05, 3.63) is 230 Å². The molecule has 8 aromatic carbocycles. The van der Waals surface area contributed by atoms with Crippen LogP contribution in [0.2, 0.25) is 0 Å². The molecular weight excluding hydrogens is 741 g/mol. The number of para-hydroxylation sites is 3. The van der Waals surface area contributed by atoms with Crippen molar-refractivity contribution in [1.82, 2.24) is 9.13 Å². The Kier molecular flexibility index (Phi) is 7.76. The molecule has 2 heterocycles. The van der Waals surface area contributed by atoms with E-state index >= 15 is 0 Å². The molecule has 0 spiro atoms. The van der Waals surface area contributed by atoms with Gasteiger partial charge >= 0.3 is 0 Å². The first-order chi connectivity index (χ1) is 29.5. The van der Waals surface area contributed by atoms with E-state index in [1.165, 1.54) is 86.9 Å². The minimum atomic E-state index is -2.95. The fourth-order valence-electron chi connectivity index (χ4n) is 11.3. The number of aromatic nitrogens is 2. The first-order valence-electron chi connectivity index (χ1n) is 21.3. The highest BCUT2D eigenvalue weighted by atomic mass is 28.3. The van der Waals surface area contributed by atoms with Crippen molar-refractivity contribution in [2.75, 3.05) is 0 Å². The van der Waals surface area contributed by atoms with Crippen LogP contribution in [0.5, 0.6) is 0 Å². The summed E-state index contributed by atoms with van der Waals surface area (Å²) in [6.45, 7) is 4.87. The molecule has 0 N–H and O–H groups in total. The van der Waals surface area contributed by atoms with Gasteiger partial charge in [-0.2, -0.15) is 0 Å². The van der Waals surface area contributed by atoms with E-state index in [4.69, 9.17) is 0 Å². The quantitative estimate of drug-likeness (QED) is 0.117. The van der Waals surface area contributed by atoms with Gasteiger partial charge in [-0.3, -0.25) is 0 Å². The molecule has 0 amide bonds. The van der Waals surface area contributed by atoms with E-state index in [9.17, 15) is 0 Å². The molecule has 2 aliphatic rings. The molecule has 2 nitrogen and oxygen atoms in total.